The molecule has 2 heterocycles. The highest BCUT2D eigenvalue weighted by Crippen LogP contribution is 2.35. The van der Waals surface area contributed by atoms with Crippen molar-refractivity contribution in [2.75, 3.05) is 6.54 Å². The second-order valence-electron chi connectivity index (χ2n) is 7.03. The van der Waals surface area contributed by atoms with Crippen molar-refractivity contribution in [3.63, 3.8) is 0 Å². The number of H-pyrrole nitrogens is 1. The molecule has 4 rings (SSSR count). The molecule has 0 bridgehead atoms. The van der Waals surface area contributed by atoms with Crippen molar-refractivity contribution in [3.8, 4) is 17.7 Å². The van der Waals surface area contributed by atoms with Gasteiger partial charge in [0.2, 0.25) is 11.8 Å². The van der Waals surface area contributed by atoms with Crippen molar-refractivity contribution >= 4 is 23.0 Å². The average Bonchev–Trinajstić information content (AvgIpc) is 3.32. The first-order chi connectivity index (χ1) is 14.5. The zero-order chi connectivity index (χ0) is 21.1. The lowest BCUT2D eigenvalue weighted by molar-refractivity contribution is -0.119. The van der Waals surface area contributed by atoms with Gasteiger partial charge in [-0.3, -0.25) is 9.59 Å². The Morgan fingerprint density at radius 1 is 1.40 bits per heavy atom. The maximum Gasteiger partial charge on any atom is 0.255 e. The molecule has 2 aromatic heterocycles. The Hall–Kier alpha value is -3.93. The van der Waals surface area contributed by atoms with Crippen LogP contribution < -0.4 is 15.4 Å². The van der Waals surface area contributed by atoms with Crippen LogP contribution in [0, 0.1) is 11.3 Å². The number of hydrogen-bond donors (Lipinski definition) is 3. The molecule has 9 nitrogen and oxygen atoms in total. The molecular weight excluding hydrogens is 384 g/mol. The number of nitrogens with zero attached hydrogens (tertiary/aromatic N) is 3. The van der Waals surface area contributed by atoms with E-state index in [1.165, 1.54) is 24.9 Å². The van der Waals surface area contributed by atoms with Gasteiger partial charge in [-0.1, -0.05) is 6.07 Å². The van der Waals surface area contributed by atoms with E-state index >= 15 is 0 Å². The van der Waals surface area contributed by atoms with Crippen LogP contribution in [0.15, 0.2) is 30.6 Å². The Balaban J connectivity index is 1.56. The first-order valence-electron chi connectivity index (χ1n) is 9.62. The fraction of sp³-hybridized carbons (Fsp3) is 0.286. The molecule has 3 aromatic rings. The van der Waals surface area contributed by atoms with Crippen LogP contribution in [0.4, 0.5) is 0 Å². The Labute approximate surface area is 172 Å². The predicted molar refractivity (Wildman–Crippen MR) is 108 cm³/mol. The number of rotatable bonds is 6. The fourth-order valence-electron chi connectivity index (χ4n) is 3.58. The van der Waals surface area contributed by atoms with Crippen molar-refractivity contribution < 1.29 is 14.3 Å². The molecule has 30 heavy (non-hydrogen) atoms. The molecule has 0 saturated carbocycles. The average molecular weight is 404 g/mol. The van der Waals surface area contributed by atoms with Gasteiger partial charge in [-0.05, 0) is 36.1 Å². The van der Waals surface area contributed by atoms with E-state index < -0.39 is 0 Å². The third-order valence-electron chi connectivity index (χ3n) is 4.92. The summed E-state index contributed by atoms with van der Waals surface area (Å²) in [7, 11) is 0. The van der Waals surface area contributed by atoms with Crippen molar-refractivity contribution in [1.82, 2.24) is 25.6 Å². The SMILES string of the molecule is CC(=O)N[C@@H]1CCc2ccc(Oc3cnc4[nH]cc(C(=O)NCCC#N)c4n3)cc21. The fourth-order valence-corrected chi connectivity index (χ4v) is 3.58. The minimum Gasteiger partial charge on any atom is -0.437 e. The lowest BCUT2D eigenvalue weighted by atomic mass is 10.1. The molecular formula is C21H20N6O3. The van der Waals surface area contributed by atoms with Gasteiger partial charge in [0.15, 0.2) is 5.65 Å². The minimum absolute atomic E-state index is 0.0250. The largest absolute Gasteiger partial charge is 0.437 e. The summed E-state index contributed by atoms with van der Waals surface area (Å²) in [4.78, 5) is 35.4. The van der Waals surface area contributed by atoms with Gasteiger partial charge in [0, 0.05) is 19.7 Å². The highest BCUT2D eigenvalue weighted by Gasteiger charge is 2.24. The molecule has 0 radical (unpaired) electrons. The molecule has 1 aliphatic rings. The van der Waals surface area contributed by atoms with E-state index in [9.17, 15) is 9.59 Å². The highest BCUT2D eigenvalue weighted by molar-refractivity contribution is 6.04. The van der Waals surface area contributed by atoms with E-state index in [1.54, 1.807) is 0 Å². The molecule has 0 unspecified atom stereocenters. The first kappa shape index (κ1) is 19.4. The van der Waals surface area contributed by atoms with Crippen molar-refractivity contribution in [3.05, 3.63) is 47.3 Å². The van der Waals surface area contributed by atoms with Gasteiger partial charge in [0.1, 0.15) is 11.3 Å². The van der Waals surface area contributed by atoms with Crippen molar-refractivity contribution in [2.45, 2.75) is 32.2 Å². The predicted octanol–water partition coefficient (Wildman–Crippen LogP) is 2.52. The standard InChI is InChI=1S/C21H20N6O3/c1-12(28)26-17-6-4-13-3-5-14(9-15(13)17)30-18-11-25-20-19(27-18)16(10-24-20)21(29)23-8-2-7-22/h3,5,9-11,17H,2,4,6,8H2,1H3,(H,23,29)(H,24,25)(H,26,28)/t17-/m1/s1. The number of nitriles is 1. The van der Waals surface area contributed by atoms with E-state index in [0.29, 0.717) is 22.5 Å². The summed E-state index contributed by atoms with van der Waals surface area (Å²) in [6.07, 6.45) is 5.00. The molecule has 9 heteroatoms. The highest BCUT2D eigenvalue weighted by atomic mass is 16.5. The number of fused-ring (bicyclic) bond motifs is 2. The second-order valence-corrected chi connectivity index (χ2v) is 7.03. The maximum atomic E-state index is 12.3. The van der Waals surface area contributed by atoms with Gasteiger partial charge in [-0.15, -0.1) is 0 Å². The summed E-state index contributed by atoms with van der Waals surface area (Å²) < 4.78 is 5.89. The number of aryl methyl sites for hydroxylation is 1. The zero-order valence-electron chi connectivity index (χ0n) is 16.4. The number of nitrogens with one attached hydrogen (secondary N) is 3. The first-order valence-corrected chi connectivity index (χ1v) is 9.62. The van der Waals surface area contributed by atoms with Crippen molar-refractivity contribution in [1.29, 1.82) is 5.26 Å². The van der Waals surface area contributed by atoms with Crippen LogP contribution in [0.5, 0.6) is 11.6 Å². The molecule has 2 amide bonds. The van der Waals surface area contributed by atoms with Crippen LogP contribution in [0.1, 0.15) is 47.3 Å². The van der Waals surface area contributed by atoms with Gasteiger partial charge < -0.3 is 20.4 Å². The lowest BCUT2D eigenvalue weighted by Crippen LogP contribution is -2.24. The monoisotopic (exact) mass is 404 g/mol. The van der Waals surface area contributed by atoms with Gasteiger partial charge in [0.05, 0.1) is 30.3 Å². The van der Waals surface area contributed by atoms with Crippen LogP contribution >= 0.6 is 0 Å². The summed E-state index contributed by atoms with van der Waals surface area (Å²) in [6, 6.07) is 7.70. The Morgan fingerprint density at radius 3 is 3.07 bits per heavy atom. The Bertz CT molecular complexity index is 1160. The molecule has 1 atom stereocenters. The quantitative estimate of drug-likeness (QED) is 0.541. The number of aromatic amines is 1. The number of carbonyl (C=O) groups excluding carboxylic acids is 2. The number of benzene rings is 1. The van der Waals surface area contributed by atoms with Gasteiger partial charge in [0.25, 0.3) is 5.91 Å². The number of hydrogen-bond acceptors (Lipinski definition) is 6. The summed E-state index contributed by atoms with van der Waals surface area (Å²) in [5, 5.41) is 14.2. The molecule has 3 N–H and O–H groups in total. The molecule has 152 valence electrons. The third kappa shape index (κ3) is 3.93. The maximum absolute atomic E-state index is 12.3. The molecule has 1 aromatic carbocycles. The summed E-state index contributed by atoms with van der Waals surface area (Å²) in [5.74, 6) is 0.430. The number of amides is 2. The van der Waals surface area contributed by atoms with Crippen LogP contribution in [0.2, 0.25) is 0 Å². The summed E-state index contributed by atoms with van der Waals surface area (Å²) >= 11 is 0. The Kier molecular flexibility index (Phi) is 5.30. The zero-order valence-corrected chi connectivity index (χ0v) is 16.4. The Morgan fingerprint density at radius 2 is 2.27 bits per heavy atom. The van der Waals surface area contributed by atoms with Gasteiger partial charge in [-0.2, -0.15) is 5.26 Å². The van der Waals surface area contributed by atoms with E-state index in [1.807, 2.05) is 24.3 Å². The van der Waals surface area contributed by atoms with Crippen LogP contribution in [-0.4, -0.2) is 33.3 Å². The van der Waals surface area contributed by atoms with Gasteiger partial charge >= 0.3 is 0 Å². The smallest absolute Gasteiger partial charge is 0.255 e. The lowest BCUT2D eigenvalue weighted by Gasteiger charge is -2.13. The topological polar surface area (TPSA) is 133 Å². The number of ether oxygens (including phenoxy) is 1. The normalized spacial score (nSPS) is 14.7. The molecule has 1 aliphatic carbocycles. The van der Waals surface area contributed by atoms with Crippen molar-refractivity contribution in [2.24, 2.45) is 0 Å². The summed E-state index contributed by atoms with van der Waals surface area (Å²) in [6.45, 7) is 1.77. The summed E-state index contributed by atoms with van der Waals surface area (Å²) in [5.41, 5.74) is 3.41. The third-order valence-corrected chi connectivity index (χ3v) is 4.92. The molecule has 0 saturated heterocycles. The van der Waals surface area contributed by atoms with E-state index in [2.05, 4.69) is 25.6 Å². The molecule has 0 spiro atoms. The molecule has 0 fully saturated rings. The second kappa shape index (κ2) is 8.21. The van der Waals surface area contributed by atoms with E-state index in [-0.39, 0.29) is 36.7 Å². The molecule has 0 aliphatic heterocycles. The van der Waals surface area contributed by atoms with Crippen LogP contribution in [0.25, 0.3) is 11.2 Å². The minimum atomic E-state index is -0.335. The number of aromatic nitrogens is 3. The van der Waals surface area contributed by atoms with Crippen LogP contribution in [0.3, 0.4) is 0 Å². The number of carbonyl (C=O) groups is 2. The van der Waals surface area contributed by atoms with E-state index in [0.717, 1.165) is 18.4 Å². The van der Waals surface area contributed by atoms with E-state index in [4.69, 9.17) is 10.00 Å². The van der Waals surface area contributed by atoms with Crippen LogP contribution in [-0.2, 0) is 11.2 Å². The van der Waals surface area contributed by atoms with Gasteiger partial charge in [-0.25, -0.2) is 9.97 Å².